The maximum Gasteiger partial charge on any atom is 0.226 e. The van der Waals surface area contributed by atoms with Gasteiger partial charge in [-0.2, -0.15) is 0 Å². The molecule has 120 valence electrons. The zero-order chi connectivity index (χ0) is 14.9. The summed E-state index contributed by atoms with van der Waals surface area (Å²) in [5.41, 5.74) is -0.717. The van der Waals surface area contributed by atoms with Gasteiger partial charge in [0.15, 0.2) is 0 Å². The molecule has 3 rings (SSSR count). The van der Waals surface area contributed by atoms with Crippen LogP contribution < -0.4 is 0 Å². The zero-order valence-electron chi connectivity index (χ0n) is 13.4. The van der Waals surface area contributed by atoms with Crippen molar-refractivity contribution in [1.82, 2.24) is 9.80 Å². The second-order valence-electron chi connectivity index (χ2n) is 7.33. The zero-order valence-corrected chi connectivity index (χ0v) is 13.4. The van der Waals surface area contributed by atoms with Crippen molar-refractivity contribution >= 4 is 5.91 Å². The number of hydrogen-bond donors (Lipinski definition) is 1. The molecule has 3 fully saturated rings. The lowest BCUT2D eigenvalue weighted by atomic mass is 9.82. The van der Waals surface area contributed by atoms with E-state index in [1.807, 2.05) is 0 Å². The Hall–Kier alpha value is -0.610. The smallest absolute Gasteiger partial charge is 0.226 e. The molecule has 0 aromatic carbocycles. The highest BCUT2D eigenvalue weighted by Gasteiger charge is 2.42. The molecule has 1 saturated carbocycles. The first-order valence-corrected chi connectivity index (χ1v) is 8.87. The van der Waals surface area contributed by atoms with Crippen molar-refractivity contribution in [2.75, 3.05) is 19.6 Å². The minimum Gasteiger partial charge on any atom is -0.389 e. The Labute approximate surface area is 128 Å². The third-order valence-corrected chi connectivity index (χ3v) is 5.87. The van der Waals surface area contributed by atoms with Crippen molar-refractivity contribution in [3.05, 3.63) is 0 Å². The van der Waals surface area contributed by atoms with E-state index in [2.05, 4.69) is 16.7 Å². The Morgan fingerprint density at radius 1 is 1.14 bits per heavy atom. The monoisotopic (exact) mass is 294 g/mol. The van der Waals surface area contributed by atoms with Gasteiger partial charge in [-0.25, -0.2) is 0 Å². The molecule has 4 nitrogen and oxygen atoms in total. The van der Waals surface area contributed by atoms with E-state index in [0.717, 1.165) is 64.6 Å². The van der Waals surface area contributed by atoms with Gasteiger partial charge in [-0.05, 0) is 38.6 Å². The fourth-order valence-corrected chi connectivity index (χ4v) is 4.60. The summed E-state index contributed by atoms with van der Waals surface area (Å²) in [6.45, 7) is 5.42. The van der Waals surface area contributed by atoms with Gasteiger partial charge in [0.1, 0.15) is 0 Å². The Kier molecular flexibility index (Phi) is 4.55. The Balaban J connectivity index is 1.66. The minimum atomic E-state index is -0.717. The molecule has 21 heavy (non-hydrogen) atoms. The Morgan fingerprint density at radius 2 is 1.86 bits per heavy atom. The fraction of sp³-hybridized carbons (Fsp3) is 0.941. The molecule has 0 aromatic rings. The Bertz CT molecular complexity index is 379. The number of rotatable bonds is 3. The van der Waals surface area contributed by atoms with Crippen LogP contribution in [0.25, 0.3) is 0 Å². The molecule has 1 amide bonds. The molecule has 2 saturated heterocycles. The van der Waals surface area contributed by atoms with Gasteiger partial charge in [-0.1, -0.05) is 26.2 Å². The highest BCUT2D eigenvalue weighted by molar-refractivity contribution is 5.78. The molecular weight excluding hydrogens is 264 g/mol. The van der Waals surface area contributed by atoms with Gasteiger partial charge in [0.25, 0.3) is 0 Å². The van der Waals surface area contributed by atoms with Gasteiger partial charge in [-0.15, -0.1) is 0 Å². The summed E-state index contributed by atoms with van der Waals surface area (Å²) in [5.74, 6) is 0.213. The number of carbonyl (C=O) groups excluding carboxylic acids is 1. The predicted octanol–water partition coefficient (Wildman–Crippen LogP) is 2.16. The quantitative estimate of drug-likeness (QED) is 0.867. The van der Waals surface area contributed by atoms with Gasteiger partial charge in [-0.3, -0.25) is 4.79 Å². The van der Waals surface area contributed by atoms with Crippen LogP contribution in [-0.2, 0) is 4.79 Å². The van der Waals surface area contributed by atoms with Crippen molar-refractivity contribution in [3.8, 4) is 0 Å². The number of amides is 1. The van der Waals surface area contributed by atoms with Gasteiger partial charge >= 0.3 is 0 Å². The summed E-state index contributed by atoms with van der Waals surface area (Å²) >= 11 is 0. The molecule has 1 aliphatic carbocycles. The van der Waals surface area contributed by atoms with Crippen LogP contribution in [0, 0.1) is 0 Å². The number of fused-ring (bicyclic) bond motifs is 2. The molecule has 4 heteroatoms. The van der Waals surface area contributed by atoms with Gasteiger partial charge in [0.2, 0.25) is 5.91 Å². The number of likely N-dealkylation sites (N-methyl/N-ethyl adjacent to an activating group) is 1. The van der Waals surface area contributed by atoms with Crippen LogP contribution in [0.15, 0.2) is 0 Å². The van der Waals surface area contributed by atoms with E-state index >= 15 is 0 Å². The first-order chi connectivity index (χ1) is 10.1. The van der Waals surface area contributed by atoms with E-state index < -0.39 is 5.60 Å². The number of aliphatic hydroxyl groups is 1. The number of likely N-dealkylation sites (tertiary alicyclic amines) is 1. The average Bonchev–Trinajstić information content (AvgIpc) is 2.74. The summed E-state index contributed by atoms with van der Waals surface area (Å²) in [4.78, 5) is 17.5. The van der Waals surface area contributed by atoms with Gasteiger partial charge in [0, 0.05) is 25.2 Å². The van der Waals surface area contributed by atoms with Crippen LogP contribution in [0.2, 0.25) is 0 Å². The van der Waals surface area contributed by atoms with E-state index in [4.69, 9.17) is 0 Å². The molecule has 0 radical (unpaired) electrons. The van der Waals surface area contributed by atoms with Crippen LogP contribution in [0.1, 0.15) is 64.7 Å². The van der Waals surface area contributed by atoms with E-state index in [9.17, 15) is 9.90 Å². The van der Waals surface area contributed by atoms with Crippen LogP contribution in [0.4, 0.5) is 0 Å². The highest BCUT2D eigenvalue weighted by atomic mass is 16.3. The van der Waals surface area contributed by atoms with Crippen molar-refractivity contribution in [3.63, 3.8) is 0 Å². The summed E-state index contributed by atoms with van der Waals surface area (Å²) in [6, 6.07) is 0.809. The van der Waals surface area contributed by atoms with Gasteiger partial charge < -0.3 is 14.9 Å². The van der Waals surface area contributed by atoms with Crippen LogP contribution in [0.3, 0.4) is 0 Å². The van der Waals surface area contributed by atoms with Crippen molar-refractivity contribution in [1.29, 1.82) is 0 Å². The second-order valence-corrected chi connectivity index (χ2v) is 7.33. The van der Waals surface area contributed by atoms with Crippen molar-refractivity contribution in [2.45, 2.75) is 82.4 Å². The summed E-state index contributed by atoms with van der Waals surface area (Å²) in [7, 11) is 0. The lowest BCUT2D eigenvalue weighted by molar-refractivity contribution is -0.140. The van der Waals surface area contributed by atoms with E-state index in [0.29, 0.717) is 18.5 Å². The lowest BCUT2D eigenvalue weighted by Gasteiger charge is -2.35. The van der Waals surface area contributed by atoms with Crippen LogP contribution in [0.5, 0.6) is 0 Å². The first-order valence-electron chi connectivity index (χ1n) is 8.87. The highest BCUT2D eigenvalue weighted by Crippen LogP contribution is 2.35. The largest absolute Gasteiger partial charge is 0.389 e. The molecule has 0 aromatic heterocycles. The number of carbonyl (C=O) groups is 1. The molecule has 0 spiro atoms. The second kappa shape index (κ2) is 6.25. The average molecular weight is 294 g/mol. The molecule has 2 atom stereocenters. The number of nitrogens with zero attached hydrogens (tertiary/aromatic N) is 2. The maximum atomic E-state index is 12.8. The minimum absolute atomic E-state index is 0.213. The standard InChI is InChI=1S/C17H30N2O2/c1-2-18-11-8-14-6-7-15(13-18)19(14)16(20)12-17(21)9-4-3-5-10-17/h14-15,21H,2-13H2,1H3. The molecule has 2 unspecified atom stereocenters. The van der Waals surface area contributed by atoms with Crippen LogP contribution in [-0.4, -0.2) is 58.1 Å². The Morgan fingerprint density at radius 3 is 2.57 bits per heavy atom. The van der Waals surface area contributed by atoms with E-state index in [1.54, 1.807) is 0 Å². The number of hydrogen-bond acceptors (Lipinski definition) is 3. The maximum absolute atomic E-state index is 12.8. The summed E-state index contributed by atoms with van der Waals surface area (Å²) in [5, 5.41) is 10.7. The molecule has 1 N–H and O–H groups in total. The molecule has 2 aliphatic heterocycles. The fourth-order valence-electron chi connectivity index (χ4n) is 4.60. The topological polar surface area (TPSA) is 43.8 Å². The van der Waals surface area contributed by atoms with Gasteiger partial charge in [0.05, 0.1) is 12.0 Å². The molecule has 2 bridgehead atoms. The SMILES string of the molecule is CCN1CCC2CCC(C1)N2C(=O)CC1(O)CCCCC1. The lowest BCUT2D eigenvalue weighted by Crippen LogP contribution is -2.46. The van der Waals surface area contributed by atoms with Crippen LogP contribution >= 0.6 is 0 Å². The van der Waals surface area contributed by atoms with E-state index in [1.165, 1.54) is 6.42 Å². The summed E-state index contributed by atoms with van der Waals surface area (Å²) < 4.78 is 0. The summed E-state index contributed by atoms with van der Waals surface area (Å²) in [6.07, 6.45) is 8.72. The molecule has 2 heterocycles. The normalized spacial score (nSPS) is 33.0. The third-order valence-electron chi connectivity index (χ3n) is 5.87. The predicted molar refractivity (Wildman–Crippen MR) is 83.0 cm³/mol. The van der Waals surface area contributed by atoms with Crippen molar-refractivity contribution < 1.29 is 9.90 Å². The first kappa shape index (κ1) is 15.3. The third kappa shape index (κ3) is 3.26. The molecular formula is C17H30N2O2. The van der Waals surface area contributed by atoms with Crippen molar-refractivity contribution in [2.24, 2.45) is 0 Å². The van der Waals surface area contributed by atoms with E-state index in [-0.39, 0.29) is 5.91 Å². The molecule has 3 aliphatic rings.